The molecule has 0 fully saturated rings. The molecule has 1 atom stereocenters. The van der Waals surface area contributed by atoms with Gasteiger partial charge >= 0.3 is 0 Å². The number of nitrogens with zero attached hydrogens (tertiary/aromatic N) is 6. The molecule has 0 aliphatic carbocycles. The van der Waals surface area contributed by atoms with Gasteiger partial charge in [0.2, 0.25) is 5.91 Å². The van der Waals surface area contributed by atoms with Crippen molar-refractivity contribution in [3.63, 3.8) is 0 Å². The molecule has 0 N–H and O–H groups in total. The van der Waals surface area contributed by atoms with Crippen LogP contribution in [-0.2, 0) is 11.3 Å². The molecule has 8 heteroatoms. The number of carbonyl (C=O) groups excluding carboxylic acids is 1. The normalized spacial score (nSPS) is 12.5. The van der Waals surface area contributed by atoms with Crippen molar-refractivity contribution in [3.8, 4) is 0 Å². The van der Waals surface area contributed by atoms with Crippen molar-refractivity contribution in [1.82, 2.24) is 29.6 Å². The van der Waals surface area contributed by atoms with E-state index in [4.69, 9.17) is 0 Å². The second kappa shape index (κ2) is 7.74. The number of hydrogen-bond acceptors (Lipinski definition) is 6. The van der Waals surface area contributed by atoms with Crippen molar-refractivity contribution in [2.45, 2.75) is 57.6 Å². The third-order valence-corrected chi connectivity index (χ3v) is 4.50. The first-order valence-corrected chi connectivity index (χ1v) is 8.78. The number of aryl methyl sites for hydroxylation is 2. The Morgan fingerprint density at radius 2 is 1.88 bits per heavy atom. The van der Waals surface area contributed by atoms with Crippen LogP contribution in [0.25, 0.3) is 0 Å². The van der Waals surface area contributed by atoms with E-state index in [1.807, 2.05) is 31.4 Å². The second-order valence-corrected chi connectivity index (χ2v) is 7.44. The fourth-order valence-electron chi connectivity index (χ4n) is 2.37. The maximum Gasteiger partial charge on any atom is 0.236 e. The van der Waals surface area contributed by atoms with E-state index in [1.165, 1.54) is 11.8 Å². The van der Waals surface area contributed by atoms with Crippen LogP contribution in [-0.4, -0.2) is 47.8 Å². The fourth-order valence-corrected chi connectivity index (χ4v) is 3.36. The van der Waals surface area contributed by atoms with Crippen molar-refractivity contribution in [2.24, 2.45) is 0 Å². The van der Waals surface area contributed by atoms with Crippen LogP contribution in [0.15, 0.2) is 17.6 Å². The maximum absolute atomic E-state index is 12.6. The Morgan fingerprint density at radius 3 is 2.46 bits per heavy atom. The summed E-state index contributed by atoms with van der Waals surface area (Å²) in [7, 11) is 1.78. The zero-order valence-corrected chi connectivity index (χ0v) is 15.8. The van der Waals surface area contributed by atoms with Gasteiger partial charge in [-0.1, -0.05) is 11.8 Å². The van der Waals surface area contributed by atoms with Crippen molar-refractivity contribution in [1.29, 1.82) is 0 Å². The molecule has 0 saturated carbocycles. The van der Waals surface area contributed by atoms with E-state index >= 15 is 0 Å². The molecular formula is C16H24N6OS. The van der Waals surface area contributed by atoms with Gasteiger partial charge in [-0.2, -0.15) is 0 Å². The maximum atomic E-state index is 12.6. The lowest BCUT2D eigenvalue weighted by Crippen LogP contribution is -2.34. The Hall–Kier alpha value is -1.96. The van der Waals surface area contributed by atoms with E-state index in [-0.39, 0.29) is 17.2 Å². The van der Waals surface area contributed by atoms with Crippen molar-refractivity contribution in [3.05, 3.63) is 29.6 Å². The Balaban J connectivity index is 2.02. The highest BCUT2D eigenvalue weighted by Crippen LogP contribution is 2.22. The zero-order valence-electron chi connectivity index (χ0n) is 15.0. The molecule has 2 heterocycles. The quantitative estimate of drug-likeness (QED) is 0.589. The Bertz CT molecular complexity index is 694. The van der Waals surface area contributed by atoms with Crippen molar-refractivity contribution in [2.75, 3.05) is 7.05 Å². The van der Waals surface area contributed by atoms with E-state index in [1.54, 1.807) is 18.3 Å². The highest BCUT2D eigenvalue weighted by Gasteiger charge is 2.22. The molecule has 0 spiro atoms. The third-order valence-electron chi connectivity index (χ3n) is 3.55. The standard InChI is InChI=1S/C16H24N6OS/c1-10(2)22-9-17-20-14(22)8-21(6)15(23)13(5)24-16-18-11(3)7-12(4)19-16/h7,9-10,13H,8H2,1-6H3/t13-/m0/s1. The minimum atomic E-state index is -0.272. The van der Waals surface area contributed by atoms with E-state index in [2.05, 4.69) is 34.0 Å². The summed E-state index contributed by atoms with van der Waals surface area (Å²) in [6, 6.07) is 2.18. The van der Waals surface area contributed by atoms with Crippen LogP contribution < -0.4 is 0 Å². The first kappa shape index (κ1) is 18.4. The number of hydrogen-bond donors (Lipinski definition) is 0. The number of carbonyl (C=O) groups is 1. The highest BCUT2D eigenvalue weighted by molar-refractivity contribution is 8.00. The molecule has 1 amide bonds. The summed E-state index contributed by atoms with van der Waals surface area (Å²) in [5.41, 5.74) is 1.81. The molecule has 0 aromatic carbocycles. The predicted octanol–water partition coefficient (Wildman–Crippen LogP) is 2.41. The molecule has 24 heavy (non-hydrogen) atoms. The topological polar surface area (TPSA) is 76.8 Å². The molecule has 2 aromatic rings. The number of aromatic nitrogens is 5. The molecule has 130 valence electrons. The first-order valence-electron chi connectivity index (χ1n) is 7.90. The fraction of sp³-hybridized carbons (Fsp3) is 0.562. The Morgan fingerprint density at radius 1 is 1.25 bits per heavy atom. The predicted molar refractivity (Wildman–Crippen MR) is 93.7 cm³/mol. The van der Waals surface area contributed by atoms with E-state index in [0.717, 1.165) is 17.2 Å². The largest absolute Gasteiger partial charge is 0.337 e. The van der Waals surface area contributed by atoms with E-state index in [9.17, 15) is 4.79 Å². The van der Waals surface area contributed by atoms with Gasteiger partial charge in [-0.15, -0.1) is 10.2 Å². The smallest absolute Gasteiger partial charge is 0.236 e. The van der Waals surface area contributed by atoms with Crippen LogP contribution in [0, 0.1) is 13.8 Å². The van der Waals surface area contributed by atoms with E-state index < -0.39 is 0 Å². The van der Waals surface area contributed by atoms with Crippen LogP contribution >= 0.6 is 11.8 Å². The monoisotopic (exact) mass is 348 g/mol. The van der Waals surface area contributed by atoms with E-state index in [0.29, 0.717) is 11.7 Å². The van der Waals surface area contributed by atoms with Gasteiger partial charge in [0.05, 0.1) is 11.8 Å². The second-order valence-electron chi connectivity index (χ2n) is 6.14. The third kappa shape index (κ3) is 4.53. The zero-order chi connectivity index (χ0) is 17.9. The first-order chi connectivity index (χ1) is 11.3. The lowest BCUT2D eigenvalue weighted by molar-refractivity contribution is -0.129. The summed E-state index contributed by atoms with van der Waals surface area (Å²) >= 11 is 1.38. The molecule has 2 rings (SSSR count). The summed E-state index contributed by atoms with van der Waals surface area (Å²) < 4.78 is 1.97. The summed E-state index contributed by atoms with van der Waals surface area (Å²) in [5.74, 6) is 0.793. The van der Waals surface area contributed by atoms with Crippen molar-refractivity contribution < 1.29 is 4.79 Å². The molecule has 0 aliphatic heterocycles. The van der Waals surface area contributed by atoms with Crippen molar-refractivity contribution >= 4 is 17.7 Å². The van der Waals surface area contributed by atoms with Crippen LogP contribution in [0.1, 0.15) is 44.0 Å². The van der Waals surface area contributed by atoms with Gasteiger partial charge in [-0.3, -0.25) is 4.79 Å². The highest BCUT2D eigenvalue weighted by atomic mass is 32.2. The molecule has 0 bridgehead atoms. The van der Waals surface area contributed by atoms with Crippen LogP contribution in [0.3, 0.4) is 0 Å². The minimum Gasteiger partial charge on any atom is -0.337 e. The van der Waals surface area contributed by atoms with Gasteiger partial charge < -0.3 is 9.47 Å². The SMILES string of the molecule is Cc1cc(C)nc(S[C@@H](C)C(=O)N(C)Cc2nncn2C(C)C)n1. The average Bonchev–Trinajstić information content (AvgIpc) is 2.93. The van der Waals surface area contributed by atoms with Crippen LogP contribution in [0.2, 0.25) is 0 Å². The number of amides is 1. The van der Waals surface area contributed by atoms with Crippen LogP contribution in [0.5, 0.6) is 0 Å². The molecule has 7 nitrogen and oxygen atoms in total. The molecule has 0 saturated heterocycles. The minimum absolute atomic E-state index is 0.0149. The summed E-state index contributed by atoms with van der Waals surface area (Å²) in [6.07, 6.45) is 1.69. The summed E-state index contributed by atoms with van der Waals surface area (Å²) in [5, 5.41) is 8.41. The molecule has 0 unspecified atom stereocenters. The van der Waals surface area contributed by atoms with Gasteiger partial charge in [0.15, 0.2) is 11.0 Å². The molecule has 2 aromatic heterocycles. The lowest BCUT2D eigenvalue weighted by atomic mass is 10.3. The number of rotatable bonds is 6. The average molecular weight is 348 g/mol. The molecule has 0 aliphatic rings. The summed E-state index contributed by atoms with van der Waals surface area (Å²) in [6.45, 7) is 10.3. The molecular weight excluding hydrogens is 324 g/mol. The Kier molecular flexibility index (Phi) is 5.93. The Labute approximate surface area is 146 Å². The number of thioether (sulfide) groups is 1. The lowest BCUT2D eigenvalue weighted by Gasteiger charge is -2.21. The van der Waals surface area contributed by atoms with Crippen LogP contribution in [0.4, 0.5) is 0 Å². The van der Waals surface area contributed by atoms with Gasteiger partial charge in [0.1, 0.15) is 6.33 Å². The van der Waals surface area contributed by atoms with Gasteiger partial charge in [-0.25, -0.2) is 9.97 Å². The van der Waals surface area contributed by atoms with Gasteiger partial charge in [-0.05, 0) is 40.7 Å². The summed E-state index contributed by atoms with van der Waals surface area (Å²) in [4.78, 5) is 23.1. The van der Waals surface area contributed by atoms with Gasteiger partial charge in [0, 0.05) is 24.5 Å². The molecule has 0 radical (unpaired) electrons. The van der Waals surface area contributed by atoms with Gasteiger partial charge in [0.25, 0.3) is 0 Å².